The lowest BCUT2D eigenvalue weighted by atomic mass is 10.0. The Bertz CT molecular complexity index is 1330. The van der Waals surface area contributed by atoms with Crippen molar-refractivity contribution in [3.8, 4) is 0 Å². The molecule has 0 bridgehead atoms. The Morgan fingerprint density at radius 2 is 2.02 bits per heavy atom. The van der Waals surface area contributed by atoms with E-state index in [0.29, 0.717) is 12.5 Å². The molecule has 1 saturated heterocycles. The van der Waals surface area contributed by atoms with Crippen molar-refractivity contribution in [3.63, 3.8) is 0 Å². The van der Waals surface area contributed by atoms with E-state index in [2.05, 4.69) is 33.0 Å². The van der Waals surface area contributed by atoms with Crippen LogP contribution in [0.3, 0.4) is 0 Å². The molecule has 4 rings (SSSR count). The zero-order valence-corrected chi connectivity index (χ0v) is 23.6. The van der Waals surface area contributed by atoms with E-state index in [9.17, 15) is 27.6 Å². The van der Waals surface area contributed by atoms with E-state index in [-0.39, 0.29) is 37.3 Å². The van der Waals surface area contributed by atoms with Crippen LogP contribution >= 0.6 is 0 Å². The van der Waals surface area contributed by atoms with Crippen LogP contribution in [0.2, 0.25) is 0 Å². The lowest BCUT2D eigenvalue weighted by Crippen LogP contribution is -2.46. The second-order valence-corrected chi connectivity index (χ2v) is 10.4. The van der Waals surface area contributed by atoms with Gasteiger partial charge in [-0.05, 0) is 44.4 Å². The van der Waals surface area contributed by atoms with Crippen molar-refractivity contribution in [2.75, 3.05) is 26.2 Å². The number of rotatable bonds is 10. The summed E-state index contributed by atoms with van der Waals surface area (Å²) >= 11 is 0. The highest BCUT2D eigenvalue weighted by Gasteiger charge is 2.39. The molecule has 2 aliphatic heterocycles. The summed E-state index contributed by atoms with van der Waals surface area (Å²) in [6.45, 7) is 5.97. The molecule has 4 atom stereocenters. The Kier molecular flexibility index (Phi) is 9.86. The van der Waals surface area contributed by atoms with Gasteiger partial charge in [0.15, 0.2) is 0 Å². The van der Waals surface area contributed by atoms with Gasteiger partial charge >= 0.3 is 6.09 Å². The summed E-state index contributed by atoms with van der Waals surface area (Å²) in [4.78, 5) is 41.7. The first kappa shape index (κ1) is 30.6. The largest absolute Gasteiger partial charge is 0.442 e. The number of nitrogens with zero attached hydrogens (tertiary/aromatic N) is 4. The van der Waals surface area contributed by atoms with Crippen LogP contribution in [0.4, 0.5) is 18.0 Å². The van der Waals surface area contributed by atoms with Crippen LogP contribution in [0.5, 0.6) is 0 Å². The summed E-state index contributed by atoms with van der Waals surface area (Å²) in [6.07, 6.45) is 5.48. The van der Waals surface area contributed by atoms with Crippen LogP contribution in [0.15, 0.2) is 58.6 Å². The molecule has 3 amide bonds. The van der Waals surface area contributed by atoms with E-state index in [1.54, 1.807) is 5.01 Å². The number of halogens is 3. The third kappa shape index (κ3) is 7.47. The number of hydrogen-bond acceptors (Lipinski definition) is 8. The number of pyridine rings is 1. The molecular weight excluding hydrogens is 555 g/mol. The topological polar surface area (TPSA) is 128 Å². The summed E-state index contributed by atoms with van der Waals surface area (Å²) in [7, 11) is 0. The summed E-state index contributed by atoms with van der Waals surface area (Å²) < 4.78 is 48.9. The van der Waals surface area contributed by atoms with Crippen LogP contribution in [0.25, 0.3) is 0 Å². The molecule has 0 aromatic carbocycles. The van der Waals surface area contributed by atoms with Gasteiger partial charge in [0, 0.05) is 38.1 Å². The maximum Gasteiger partial charge on any atom is 0.410 e. The van der Waals surface area contributed by atoms with Gasteiger partial charge < -0.3 is 20.7 Å². The van der Waals surface area contributed by atoms with E-state index in [1.165, 1.54) is 36.2 Å². The summed E-state index contributed by atoms with van der Waals surface area (Å²) in [5.41, 5.74) is 0.494. The lowest BCUT2D eigenvalue weighted by Gasteiger charge is -2.27. The quantitative estimate of drug-likeness (QED) is 0.283. The van der Waals surface area contributed by atoms with Crippen LogP contribution in [0, 0.1) is 11.9 Å². The van der Waals surface area contributed by atoms with Crippen molar-refractivity contribution in [2.24, 2.45) is 11.0 Å². The minimum atomic E-state index is -1.00. The van der Waals surface area contributed by atoms with Crippen LogP contribution < -0.4 is 16.0 Å². The van der Waals surface area contributed by atoms with E-state index >= 15 is 0 Å². The molecule has 0 radical (unpaired) electrons. The highest BCUT2D eigenvalue weighted by molar-refractivity contribution is 5.97. The van der Waals surface area contributed by atoms with E-state index < -0.39 is 53.7 Å². The SMILES string of the molecule is CC1=CN(C[C@H]2CN(C3C=C(F)C(NCCNC(=O)[C@H](C)NC(=O)c4cccnc4F)=C(F)C3)C(=O)O2)N=CC[C@H]1C. The summed E-state index contributed by atoms with van der Waals surface area (Å²) in [5.74, 6) is -3.62. The van der Waals surface area contributed by atoms with Gasteiger partial charge in [-0.25, -0.2) is 18.6 Å². The Hall–Kier alpha value is -4.36. The van der Waals surface area contributed by atoms with Crippen molar-refractivity contribution in [2.45, 2.75) is 51.8 Å². The van der Waals surface area contributed by atoms with Crippen molar-refractivity contribution in [1.82, 2.24) is 30.8 Å². The Morgan fingerprint density at radius 3 is 2.76 bits per heavy atom. The van der Waals surface area contributed by atoms with E-state index in [0.717, 1.165) is 12.0 Å². The maximum atomic E-state index is 14.9. The monoisotopic (exact) mass is 589 g/mol. The standard InChI is InChI=1S/C28H34F3N7O4/c1-16-6-8-35-37(13-17(16)2)14-20-15-38(28(41)42-20)19-11-22(29)24(23(30)12-19)32-9-10-34-26(39)18(3)36-27(40)21-5-4-7-33-25(21)31/h4-5,7-8,11,13,16,18-20,32H,6,9-10,12,14-15H2,1-3H3,(H,34,39)(H,36,40)/t16-,18+,19?,20+/m1/s1. The number of amides is 3. The van der Waals surface area contributed by atoms with E-state index in [1.807, 2.05) is 19.3 Å². The van der Waals surface area contributed by atoms with Gasteiger partial charge in [0.2, 0.25) is 11.9 Å². The summed E-state index contributed by atoms with van der Waals surface area (Å²) in [6, 6.07) is 0.773. The molecule has 3 heterocycles. The second kappa shape index (κ2) is 13.5. The molecule has 42 heavy (non-hydrogen) atoms. The van der Waals surface area contributed by atoms with E-state index in [4.69, 9.17) is 4.74 Å². The highest BCUT2D eigenvalue weighted by atomic mass is 19.1. The van der Waals surface area contributed by atoms with Gasteiger partial charge in [0.05, 0.1) is 24.7 Å². The molecule has 1 aliphatic carbocycles. The molecule has 11 nitrogen and oxygen atoms in total. The molecule has 226 valence electrons. The van der Waals surface area contributed by atoms with Crippen molar-refractivity contribution in [3.05, 3.63) is 65.0 Å². The Morgan fingerprint density at radius 1 is 1.24 bits per heavy atom. The normalized spacial score (nSPS) is 23.1. The number of ether oxygens (including phenoxy) is 1. The van der Waals surface area contributed by atoms with Crippen LogP contribution in [-0.4, -0.2) is 83.4 Å². The molecule has 14 heteroatoms. The third-order valence-electron chi connectivity index (χ3n) is 7.22. The zero-order chi connectivity index (χ0) is 30.4. The van der Waals surface area contributed by atoms with Crippen LogP contribution in [0.1, 0.15) is 44.0 Å². The molecule has 0 saturated carbocycles. The average molecular weight is 590 g/mol. The molecule has 1 unspecified atom stereocenters. The van der Waals surface area contributed by atoms with Crippen molar-refractivity contribution >= 4 is 24.1 Å². The molecule has 3 N–H and O–H groups in total. The van der Waals surface area contributed by atoms with Gasteiger partial charge in [-0.3, -0.25) is 19.5 Å². The van der Waals surface area contributed by atoms with Gasteiger partial charge in [-0.15, -0.1) is 0 Å². The number of nitrogens with one attached hydrogen (secondary N) is 3. The number of hydrazone groups is 1. The third-order valence-corrected chi connectivity index (χ3v) is 7.22. The number of aromatic nitrogens is 1. The van der Waals surface area contributed by atoms with Crippen molar-refractivity contribution in [1.29, 1.82) is 0 Å². The molecular formula is C28H34F3N7O4. The predicted molar refractivity (Wildman–Crippen MR) is 148 cm³/mol. The first-order valence-electron chi connectivity index (χ1n) is 13.7. The molecule has 0 spiro atoms. The molecule has 3 aliphatic rings. The minimum Gasteiger partial charge on any atom is -0.442 e. The number of carbonyl (C=O) groups excluding carboxylic acids is 3. The van der Waals surface area contributed by atoms with Crippen LogP contribution in [-0.2, 0) is 9.53 Å². The maximum absolute atomic E-state index is 14.9. The average Bonchev–Trinajstić information content (AvgIpc) is 3.23. The Labute approximate surface area is 241 Å². The molecule has 1 fully saturated rings. The molecule has 1 aromatic heterocycles. The fourth-order valence-corrected chi connectivity index (χ4v) is 4.64. The fraction of sp³-hybridized carbons (Fsp3) is 0.464. The van der Waals surface area contributed by atoms with Gasteiger partial charge in [0.25, 0.3) is 5.91 Å². The molecule has 1 aromatic rings. The smallest absolute Gasteiger partial charge is 0.410 e. The number of hydrogen-bond donors (Lipinski definition) is 3. The zero-order valence-electron chi connectivity index (χ0n) is 23.6. The Balaban J connectivity index is 1.23. The first-order valence-corrected chi connectivity index (χ1v) is 13.7. The predicted octanol–water partition coefficient (Wildman–Crippen LogP) is 2.90. The summed E-state index contributed by atoms with van der Waals surface area (Å²) in [5, 5.41) is 13.6. The number of carbonyl (C=O) groups is 3. The van der Waals surface area contributed by atoms with Gasteiger partial charge in [-0.2, -0.15) is 9.49 Å². The highest BCUT2D eigenvalue weighted by Crippen LogP contribution is 2.31. The fourth-order valence-electron chi connectivity index (χ4n) is 4.64. The van der Waals surface area contributed by atoms with Gasteiger partial charge in [0.1, 0.15) is 29.5 Å². The second-order valence-electron chi connectivity index (χ2n) is 10.4. The number of allylic oxidation sites excluding steroid dienone is 2. The minimum absolute atomic E-state index is 0.0143. The lowest BCUT2D eigenvalue weighted by molar-refractivity contribution is -0.122. The number of cyclic esters (lactones) is 1. The van der Waals surface area contributed by atoms with Gasteiger partial charge in [-0.1, -0.05) is 12.5 Å². The van der Waals surface area contributed by atoms with Crippen molar-refractivity contribution < 1.29 is 32.3 Å². The first-order chi connectivity index (χ1) is 20.0.